The van der Waals surface area contributed by atoms with Gasteiger partial charge in [-0.25, -0.2) is 0 Å². The van der Waals surface area contributed by atoms with Gasteiger partial charge in [0, 0.05) is 17.4 Å². The molecule has 0 aromatic rings. The maximum Gasteiger partial charge on any atom is 0.0531 e. The highest BCUT2D eigenvalue weighted by molar-refractivity contribution is 4.79. The molecule has 0 saturated carbocycles. The van der Waals surface area contributed by atoms with Gasteiger partial charge in [0.2, 0.25) is 0 Å². The average Bonchev–Trinajstić information content (AvgIpc) is 2.50. The number of unbranched alkanes of at least 4 members (excludes halogenated alkanes) is 2. The minimum absolute atomic E-state index is 0.0657. The maximum atomic E-state index is 9.34. The number of rotatable bonds is 13. The topological polar surface area (TPSA) is 121 Å². The van der Waals surface area contributed by atoms with Crippen LogP contribution in [0.2, 0.25) is 0 Å². The zero-order chi connectivity index (χ0) is 15.5. The lowest BCUT2D eigenvalue weighted by atomic mass is 9.80. The zero-order valence-electron chi connectivity index (χ0n) is 12.2. The van der Waals surface area contributed by atoms with Crippen LogP contribution in [0.25, 0.3) is 0 Å². The van der Waals surface area contributed by atoms with E-state index in [0.29, 0.717) is 19.3 Å². The molecule has 0 amide bonds. The van der Waals surface area contributed by atoms with Crippen molar-refractivity contribution in [3.05, 3.63) is 0 Å². The van der Waals surface area contributed by atoms with E-state index in [9.17, 15) is 25.5 Å². The molecule has 0 aromatic carbocycles. The second-order valence-electron chi connectivity index (χ2n) is 5.82. The van der Waals surface area contributed by atoms with E-state index in [-0.39, 0.29) is 39.6 Å². The van der Waals surface area contributed by atoms with E-state index >= 15 is 0 Å². The fourth-order valence-electron chi connectivity index (χ4n) is 2.29. The molecule has 6 nitrogen and oxygen atoms in total. The van der Waals surface area contributed by atoms with E-state index in [1.165, 1.54) is 0 Å². The minimum Gasteiger partial charge on any atom is -0.396 e. The largest absolute Gasteiger partial charge is 0.396 e. The predicted octanol–water partition coefficient (Wildman–Crippen LogP) is -0.746. The highest BCUT2D eigenvalue weighted by atomic mass is 16.3. The highest BCUT2D eigenvalue weighted by Gasteiger charge is 2.29. The molecule has 0 aromatic heterocycles. The summed E-state index contributed by atoms with van der Waals surface area (Å²) in [5.41, 5.74) is -1.45. The van der Waals surface area contributed by atoms with Gasteiger partial charge in [0.05, 0.1) is 33.0 Å². The highest BCUT2D eigenvalue weighted by Crippen LogP contribution is 2.29. The zero-order valence-corrected chi connectivity index (χ0v) is 12.2. The lowest BCUT2D eigenvalue weighted by molar-refractivity contribution is -0.00325. The van der Waals surface area contributed by atoms with Crippen molar-refractivity contribution in [3.63, 3.8) is 0 Å². The lowest BCUT2D eigenvalue weighted by Gasteiger charge is -2.30. The molecule has 0 saturated heterocycles. The maximum absolute atomic E-state index is 9.34. The first-order valence-electron chi connectivity index (χ1n) is 7.23. The van der Waals surface area contributed by atoms with Gasteiger partial charge >= 0.3 is 0 Å². The molecule has 0 aliphatic carbocycles. The van der Waals surface area contributed by atoms with Crippen LogP contribution >= 0.6 is 0 Å². The molecule has 20 heavy (non-hydrogen) atoms. The van der Waals surface area contributed by atoms with Gasteiger partial charge < -0.3 is 30.6 Å². The summed E-state index contributed by atoms with van der Waals surface area (Å²) in [4.78, 5) is 0. The molecule has 0 rings (SSSR count). The van der Waals surface area contributed by atoms with Crippen molar-refractivity contribution in [3.8, 4) is 0 Å². The Morgan fingerprint density at radius 1 is 0.450 bits per heavy atom. The number of aliphatic hydroxyl groups is 6. The summed E-state index contributed by atoms with van der Waals surface area (Å²) in [5.74, 6) is 0. The third-order valence-electron chi connectivity index (χ3n) is 4.23. The van der Waals surface area contributed by atoms with E-state index in [1.807, 2.05) is 0 Å². The predicted molar refractivity (Wildman–Crippen MR) is 75.1 cm³/mol. The molecule has 0 aliphatic heterocycles. The average molecular weight is 294 g/mol. The summed E-state index contributed by atoms with van der Waals surface area (Å²) in [7, 11) is 0. The van der Waals surface area contributed by atoms with Gasteiger partial charge in [0.25, 0.3) is 0 Å². The summed E-state index contributed by atoms with van der Waals surface area (Å²) in [6.07, 6.45) is 3.85. The number of hydrogen-bond acceptors (Lipinski definition) is 6. The standard InChI is InChI=1S/C14H30O6/c15-7-6-13(8-16,9-17)4-2-1-3-5-14(10-18,11-19)12-20/h15-20H,1-12H2. The summed E-state index contributed by atoms with van der Waals surface area (Å²) >= 11 is 0. The Balaban J connectivity index is 4.06. The molecule has 0 fully saturated rings. The Kier molecular flexibility index (Phi) is 10.4. The summed E-state index contributed by atoms with van der Waals surface area (Å²) in [6, 6.07) is 0. The van der Waals surface area contributed by atoms with Crippen molar-refractivity contribution in [2.75, 3.05) is 39.6 Å². The molecule has 0 spiro atoms. The molecule has 0 atom stereocenters. The first kappa shape index (κ1) is 19.8. The molecule has 0 radical (unpaired) electrons. The van der Waals surface area contributed by atoms with Gasteiger partial charge in [0.15, 0.2) is 0 Å². The van der Waals surface area contributed by atoms with Crippen molar-refractivity contribution in [2.45, 2.75) is 38.5 Å². The molecule has 6 heteroatoms. The SMILES string of the molecule is OCCC(CO)(CO)CCCCCC(CO)(CO)CO. The van der Waals surface area contributed by atoms with Crippen molar-refractivity contribution >= 4 is 0 Å². The number of hydrogen-bond donors (Lipinski definition) is 6. The molecule has 122 valence electrons. The summed E-state index contributed by atoms with van der Waals surface area (Å²) in [6.45, 7) is -1.12. The van der Waals surface area contributed by atoms with Gasteiger partial charge in [-0.1, -0.05) is 19.3 Å². The van der Waals surface area contributed by atoms with E-state index in [2.05, 4.69) is 0 Å². The number of aliphatic hydroxyl groups excluding tert-OH is 6. The third kappa shape index (κ3) is 6.03. The van der Waals surface area contributed by atoms with E-state index < -0.39 is 10.8 Å². The Morgan fingerprint density at radius 2 is 0.850 bits per heavy atom. The lowest BCUT2D eigenvalue weighted by Crippen LogP contribution is -2.34. The first-order valence-corrected chi connectivity index (χ1v) is 7.23. The molecular weight excluding hydrogens is 264 g/mol. The van der Waals surface area contributed by atoms with Crippen LogP contribution in [0.4, 0.5) is 0 Å². The molecule has 0 aliphatic rings. The fourth-order valence-corrected chi connectivity index (χ4v) is 2.29. The van der Waals surface area contributed by atoms with Crippen LogP contribution in [0, 0.1) is 10.8 Å². The Hall–Kier alpha value is -0.240. The fraction of sp³-hybridized carbons (Fsp3) is 1.00. The van der Waals surface area contributed by atoms with Crippen LogP contribution in [0.1, 0.15) is 38.5 Å². The van der Waals surface area contributed by atoms with Crippen LogP contribution in [-0.2, 0) is 0 Å². The monoisotopic (exact) mass is 294 g/mol. The molecule has 0 heterocycles. The Bertz CT molecular complexity index is 217. The van der Waals surface area contributed by atoms with Crippen molar-refractivity contribution < 1.29 is 30.6 Å². The minimum atomic E-state index is -0.823. The third-order valence-corrected chi connectivity index (χ3v) is 4.23. The van der Waals surface area contributed by atoms with Gasteiger partial charge in [0.1, 0.15) is 0 Å². The normalized spacial score (nSPS) is 12.9. The summed E-state index contributed by atoms with van der Waals surface area (Å²) in [5, 5.41) is 55.2. The van der Waals surface area contributed by atoms with Crippen LogP contribution in [0.3, 0.4) is 0 Å². The van der Waals surface area contributed by atoms with Crippen LogP contribution in [0.15, 0.2) is 0 Å². The summed E-state index contributed by atoms with van der Waals surface area (Å²) < 4.78 is 0. The Morgan fingerprint density at radius 3 is 1.20 bits per heavy atom. The van der Waals surface area contributed by atoms with Gasteiger partial charge in [-0.15, -0.1) is 0 Å². The molecular formula is C14H30O6. The quantitative estimate of drug-likeness (QED) is 0.249. The molecule has 0 unspecified atom stereocenters. The Labute approximate surface area is 120 Å². The molecule has 6 N–H and O–H groups in total. The van der Waals surface area contributed by atoms with Gasteiger partial charge in [-0.3, -0.25) is 0 Å². The van der Waals surface area contributed by atoms with Crippen molar-refractivity contribution in [1.82, 2.24) is 0 Å². The molecule has 0 bridgehead atoms. The van der Waals surface area contributed by atoms with E-state index in [1.54, 1.807) is 0 Å². The van der Waals surface area contributed by atoms with E-state index in [0.717, 1.165) is 19.3 Å². The second-order valence-corrected chi connectivity index (χ2v) is 5.82. The van der Waals surface area contributed by atoms with E-state index in [4.69, 9.17) is 5.11 Å². The van der Waals surface area contributed by atoms with Crippen molar-refractivity contribution in [1.29, 1.82) is 0 Å². The van der Waals surface area contributed by atoms with Crippen molar-refractivity contribution in [2.24, 2.45) is 10.8 Å². The van der Waals surface area contributed by atoms with Gasteiger partial charge in [-0.2, -0.15) is 0 Å². The van der Waals surface area contributed by atoms with Crippen LogP contribution in [0.5, 0.6) is 0 Å². The van der Waals surface area contributed by atoms with Gasteiger partial charge in [-0.05, 0) is 19.3 Å². The van der Waals surface area contributed by atoms with Crippen LogP contribution in [-0.4, -0.2) is 70.3 Å². The first-order chi connectivity index (χ1) is 9.57. The van der Waals surface area contributed by atoms with Crippen LogP contribution < -0.4 is 0 Å². The second kappa shape index (κ2) is 10.5. The smallest absolute Gasteiger partial charge is 0.0531 e.